The van der Waals surface area contributed by atoms with Crippen molar-refractivity contribution < 1.29 is 24.3 Å². The molecule has 0 aromatic heterocycles. The van der Waals surface area contributed by atoms with E-state index in [1.165, 1.54) is 30.0 Å². The number of rotatable bonds is 7. The lowest BCUT2D eigenvalue weighted by Gasteiger charge is -2.24. The summed E-state index contributed by atoms with van der Waals surface area (Å²) in [5, 5.41) is 11.8. The minimum Gasteiger partial charge on any atom is -0.480 e. The number of carbonyl (C=O) groups is 4. The van der Waals surface area contributed by atoms with Gasteiger partial charge in [0.25, 0.3) is 17.7 Å². The van der Waals surface area contributed by atoms with Crippen LogP contribution in [0.3, 0.4) is 0 Å². The lowest BCUT2D eigenvalue weighted by Crippen LogP contribution is -2.51. The molecule has 0 saturated heterocycles. The SMILES string of the molecule is CCC(C)(NC(=O)c1ccc2c(c1)C(=O)N(CCc1ccccc1)C2=O)C(=O)O. The Kier molecular flexibility index (Phi) is 5.50. The molecule has 0 bridgehead atoms. The molecule has 1 aliphatic heterocycles. The summed E-state index contributed by atoms with van der Waals surface area (Å²) < 4.78 is 0. The number of hydrogen-bond acceptors (Lipinski definition) is 4. The van der Waals surface area contributed by atoms with Gasteiger partial charge in [0.05, 0.1) is 11.1 Å². The Morgan fingerprint density at radius 2 is 1.69 bits per heavy atom. The first-order valence-electron chi connectivity index (χ1n) is 9.37. The van der Waals surface area contributed by atoms with Crippen LogP contribution in [0.5, 0.6) is 0 Å². The summed E-state index contributed by atoms with van der Waals surface area (Å²) in [7, 11) is 0. The molecule has 7 nitrogen and oxygen atoms in total. The summed E-state index contributed by atoms with van der Waals surface area (Å²) in [6.07, 6.45) is 0.733. The van der Waals surface area contributed by atoms with Crippen molar-refractivity contribution in [1.82, 2.24) is 10.2 Å². The summed E-state index contributed by atoms with van der Waals surface area (Å²) >= 11 is 0. The third-order valence-electron chi connectivity index (χ3n) is 5.27. The molecule has 1 atom stereocenters. The van der Waals surface area contributed by atoms with Gasteiger partial charge in [-0.1, -0.05) is 37.3 Å². The van der Waals surface area contributed by atoms with E-state index in [0.717, 1.165) is 5.56 Å². The zero-order chi connectivity index (χ0) is 21.2. The highest BCUT2D eigenvalue weighted by Gasteiger charge is 2.37. The Labute approximate surface area is 168 Å². The van der Waals surface area contributed by atoms with Crippen LogP contribution in [0.4, 0.5) is 0 Å². The highest BCUT2D eigenvalue weighted by molar-refractivity contribution is 6.22. The van der Waals surface area contributed by atoms with Crippen molar-refractivity contribution >= 4 is 23.7 Å². The molecule has 7 heteroatoms. The molecule has 0 aliphatic carbocycles. The monoisotopic (exact) mass is 394 g/mol. The fraction of sp³-hybridized carbons (Fsp3) is 0.273. The molecule has 0 spiro atoms. The van der Waals surface area contributed by atoms with Crippen molar-refractivity contribution in [3.8, 4) is 0 Å². The second-order valence-corrected chi connectivity index (χ2v) is 7.20. The van der Waals surface area contributed by atoms with Crippen LogP contribution in [0, 0.1) is 0 Å². The molecule has 2 N–H and O–H groups in total. The predicted octanol–water partition coefficient (Wildman–Crippen LogP) is 2.51. The van der Waals surface area contributed by atoms with Crippen molar-refractivity contribution in [3.63, 3.8) is 0 Å². The van der Waals surface area contributed by atoms with E-state index in [0.29, 0.717) is 6.42 Å². The standard InChI is InChI=1S/C22H22N2O5/c1-3-22(2,21(28)29)23-18(25)15-9-10-16-17(13-15)20(27)24(19(16)26)12-11-14-7-5-4-6-8-14/h4-10,13H,3,11-12H2,1-2H3,(H,23,25)(H,28,29). The Bertz CT molecular complexity index is 986. The molecule has 3 amide bonds. The van der Waals surface area contributed by atoms with Gasteiger partial charge in [0, 0.05) is 12.1 Å². The topological polar surface area (TPSA) is 104 Å². The van der Waals surface area contributed by atoms with Crippen LogP contribution in [0.25, 0.3) is 0 Å². The normalized spacial score (nSPS) is 15.0. The van der Waals surface area contributed by atoms with Crippen LogP contribution in [-0.2, 0) is 11.2 Å². The zero-order valence-corrected chi connectivity index (χ0v) is 16.3. The smallest absolute Gasteiger partial charge is 0.329 e. The van der Waals surface area contributed by atoms with E-state index in [1.54, 1.807) is 6.92 Å². The average Bonchev–Trinajstić information content (AvgIpc) is 2.96. The van der Waals surface area contributed by atoms with Gasteiger partial charge in [-0.25, -0.2) is 4.79 Å². The van der Waals surface area contributed by atoms with Crippen molar-refractivity contribution in [3.05, 3.63) is 70.8 Å². The van der Waals surface area contributed by atoms with Gasteiger partial charge in [-0.3, -0.25) is 19.3 Å². The quantitative estimate of drug-likeness (QED) is 0.703. The first-order chi connectivity index (χ1) is 13.8. The van der Waals surface area contributed by atoms with E-state index in [4.69, 9.17) is 0 Å². The number of carbonyl (C=O) groups excluding carboxylic acids is 3. The minimum atomic E-state index is -1.42. The van der Waals surface area contributed by atoms with Gasteiger partial charge in [0.15, 0.2) is 0 Å². The molecule has 1 heterocycles. The van der Waals surface area contributed by atoms with Gasteiger partial charge in [-0.05, 0) is 43.5 Å². The Morgan fingerprint density at radius 3 is 2.31 bits per heavy atom. The van der Waals surface area contributed by atoms with Crippen LogP contribution in [0.15, 0.2) is 48.5 Å². The maximum absolute atomic E-state index is 12.7. The van der Waals surface area contributed by atoms with E-state index in [2.05, 4.69) is 5.32 Å². The number of nitrogens with zero attached hydrogens (tertiary/aromatic N) is 1. The number of carboxylic acids is 1. The molecular weight excluding hydrogens is 372 g/mol. The summed E-state index contributed by atoms with van der Waals surface area (Å²) in [6, 6.07) is 13.8. The molecule has 0 fully saturated rings. The summed E-state index contributed by atoms with van der Waals surface area (Å²) in [6.45, 7) is 3.31. The van der Waals surface area contributed by atoms with Crippen LogP contribution in [0.1, 0.15) is 56.9 Å². The minimum absolute atomic E-state index is 0.135. The zero-order valence-electron chi connectivity index (χ0n) is 16.3. The highest BCUT2D eigenvalue weighted by atomic mass is 16.4. The molecule has 2 aromatic rings. The van der Waals surface area contributed by atoms with Crippen molar-refractivity contribution in [2.24, 2.45) is 0 Å². The molecule has 1 unspecified atom stereocenters. The molecule has 2 aromatic carbocycles. The molecular formula is C22H22N2O5. The molecule has 3 rings (SSSR count). The molecule has 29 heavy (non-hydrogen) atoms. The Hall–Kier alpha value is -3.48. The van der Waals surface area contributed by atoms with E-state index >= 15 is 0 Å². The van der Waals surface area contributed by atoms with E-state index in [9.17, 15) is 24.3 Å². The third-order valence-corrected chi connectivity index (χ3v) is 5.27. The van der Waals surface area contributed by atoms with E-state index in [-0.39, 0.29) is 29.7 Å². The van der Waals surface area contributed by atoms with Gasteiger partial charge in [-0.2, -0.15) is 0 Å². The number of aliphatic carboxylic acids is 1. The van der Waals surface area contributed by atoms with E-state index < -0.39 is 29.2 Å². The van der Waals surface area contributed by atoms with Gasteiger partial charge in [0.2, 0.25) is 0 Å². The Balaban J connectivity index is 1.78. The van der Waals surface area contributed by atoms with Gasteiger partial charge in [0.1, 0.15) is 5.54 Å². The maximum atomic E-state index is 12.7. The van der Waals surface area contributed by atoms with E-state index in [1.807, 2.05) is 30.3 Å². The summed E-state index contributed by atoms with van der Waals surface area (Å²) in [4.78, 5) is 50.4. The first kappa shape index (κ1) is 20.3. The Morgan fingerprint density at radius 1 is 1.03 bits per heavy atom. The third kappa shape index (κ3) is 3.89. The average molecular weight is 394 g/mol. The van der Waals surface area contributed by atoms with Crippen LogP contribution < -0.4 is 5.32 Å². The summed E-state index contributed by atoms with van der Waals surface area (Å²) in [5.74, 6) is -2.60. The van der Waals surface area contributed by atoms with Gasteiger partial charge < -0.3 is 10.4 Å². The number of carboxylic acid groups (broad SMARTS) is 1. The van der Waals surface area contributed by atoms with Gasteiger partial charge in [-0.15, -0.1) is 0 Å². The number of nitrogens with one attached hydrogen (secondary N) is 1. The lowest BCUT2D eigenvalue weighted by molar-refractivity contribution is -0.143. The second-order valence-electron chi connectivity index (χ2n) is 7.20. The van der Waals surface area contributed by atoms with Crippen LogP contribution in [-0.4, -0.2) is 45.8 Å². The van der Waals surface area contributed by atoms with Crippen molar-refractivity contribution in [2.75, 3.05) is 6.54 Å². The van der Waals surface area contributed by atoms with Crippen molar-refractivity contribution in [2.45, 2.75) is 32.2 Å². The molecule has 0 radical (unpaired) electrons. The molecule has 1 aliphatic rings. The fourth-order valence-corrected chi connectivity index (χ4v) is 3.14. The van der Waals surface area contributed by atoms with Crippen LogP contribution >= 0.6 is 0 Å². The molecule has 150 valence electrons. The van der Waals surface area contributed by atoms with Gasteiger partial charge >= 0.3 is 5.97 Å². The first-order valence-corrected chi connectivity index (χ1v) is 9.37. The van der Waals surface area contributed by atoms with Crippen molar-refractivity contribution in [1.29, 1.82) is 0 Å². The lowest BCUT2D eigenvalue weighted by atomic mass is 9.98. The largest absolute Gasteiger partial charge is 0.480 e. The second kappa shape index (κ2) is 7.87. The molecule has 0 saturated carbocycles. The van der Waals surface area contributed by atoms with Crippen LogP contribution in [0.2, 0.25) is 0 Å². The number of imide groups is 1. The number of fused-ring (bicyclic) bond motifs is 1. The summed E-state index contributed by atoms with van der Waals surface area (Å²) in [5.41, 5.74) is 0.130. The fourth-order valence-electron chi connectivity index (χ4n) is 3.14. The maximum Gasteiger partial charge on any atom is 0.329 e. The number of benzene rings is 2. The number of hydrogen-bond donors (Lipinski definition) is 2. The number of amides is 3. The highest BCUT2D eigenvalue weighted by Crippen LogP contribution is 2.25. The predicted molar refractivity (Wildman–Crippen MR) is 106 cm³/mol.